The van der Waals surface area contributed by atoms with Crippen LogP contribution in [0.4, 0.5) is 0 Å². The lowest BCUT2D eigenvalue weighted by Crippen LogP contribution is -2.10. The highest BCUT2D eigenvalue weighted by Gasteiger charge is 2.10. The zero-order valence-corrected chi connectivity index (χ0v) is 12.2. The van der Waals surface area contributed by atoms with Crippen LogP contribution in [0, 0.1) is 0 Å². The highest BCUT2D eigenvalue weighted by molar-refractivity contribution is 8.07. The smallest absolute Gasteiger partial charge is 0.324 e. The molecule has 4 nitrogen and oxygen atoms in total. The lowest BCUT2D eigenvalue weighted by atomic mass is 10.9. The Hall–Kier alpha value is 0.707. The van der Waals surface area contributed by atoms with E-state index in [1.165, 1.54) is 0 Å². The molecule has 0 aromatic heterocycles. The molecule has 0 atom stereocenters. The normalized spacial score (nSPS) is 11.9. The van der Waals surface area contributed by atoms with E-state index in [-0.39, 0.29) is 0 Å². The average Bonchev–Trinajstić information content (AvgIpc) is 1.81. The van der Waals surface area contributed by atoms with Crippen LogP contribution in [0.5, 0.6) is 0 Å². The largest absolute Gasteiger partial charge is 0.680 e. The summed E-state index contributed by atoms with van der Waals surface area (Å²) in [7, 11) is -1.36. The van der Waals surface area contributed by atoms with E-state index in [1.54, 1.807) is 13.8 Å². The van der Waals surface area contributed by atoms with Gasteiger partial charge in [-0.3, -0.25) is 0 Å². The van der Waals surface area contributed by atoms with E-state index < -0.39 is 15.0 Å². The highest BCUT2D eigenvalue weighted by Crippen LogP contribution is 2.42. The Labute approximate surface area is 93.1 Å². The van der Waals surface area contributed by atoms with Gasteiger partial charge in [-0.05, 0) is 25.7 Å². The molecule has 0 aromatic rings. The molecule has 0 aliphatic rings. The topological polar surface area (TPSA) is 62.5 Å². The summed E-state index contributed by atoms with van der Waals surface area (Å²) >= 11 is 4.56. The Morgan fingerprint density at radius 1 is 1.21 bits per heavy atom. The fourth-order valence-electron chi connectivity index (χ4n) is 0.364. The van der Waals surface area contributed by atoms with Crippen molar-refractivity contribution in [3.8, 4) is 0 Å². The summed E-state index contributed by atoms with van der Waals surface area (Å²) in [6, 6.07) is 0. The van der Waals surface area contributed by atoms with Gasteiger partial charge in [0.05, 0.1) is 13.2 Å². The van der Waals surface area contributed by atoms with Crippen LogP contribution in [0.1, 0.15) is 13.8 Å². The Morgan fingerprint density at radius 2 is 1.43 bits per heavy atom. The second-order valence-electron chi connectivity index (χ2n) is 3.55. The van der Waals surface area contributed by atoms with E-state index in [4.69, 9.17) is 19.3 Å². The van der Waals surface area contributed by atoms with Gasteiger partial charge in [-0.25, -0.2) is 0 Å². The molecule has 88 valence electrons. The van der Waals surface area contributed by atoms with Crippen LogP contribution < -0.4 is 0 Å². The molecular formula is C7H21NO3PSSi-. The van der Waals surface area contributed by atoms with E-state index >= 15 is 0 Å². The Bertz CT molecular complexity index is 170. The molecule has 0 heterocycles. The van der Waals surface area contributed by atoms with Gasteiger partial charge in [0.25, 0.3) is 0 Å². The summed E-state index contributed by atoms with van der Waals surface area (Å²) < 4.78 is 9.46. The summed E-state index contributed by atoms with van der Waals surface area (Å²) in [6.45, 7) is 7.43. The standard InChI is InChI=1S/C4H11O3PS.C3H10NSi/c1-3-6-8(5,9)7-4-2;1-5(2,3)4/h3-4H2,1-2H3,(H,5,9);4H,1-3H3/q;-1. The summed E-state index contributed by atoms with van der Waals surface area (Å²) in [4.78, 5) is 9.00. The van der Waals surface area contributed by atoms with E-state index in [2.05, 4.69) is 11.8 Å². The molecule has 0 aliphatic heterocycles. The molecule has 0 amide bonds. The van der Waals surface area contributed by atoms with Crippen LogP contribution in [0.25, 0.3) is 5.40 Å². The molecule has 0 aliphatic carbocycles. The van der Waals surface area contributed by atoms with Crippen molar-refractivity contribution < 1.29 is 13.9 Å². The fourth-order valence-corrected chi connectivity index (χ4v) is 1.72. The first-order valence-corrected chi connectivity index (χ1v) is 10.6. The van der Waals surface area contributed by atoms with Crippen LogP contribution in [0.15, 0.2) is 0 Å². The predicted molar refractivity (Wildman–Crippen MR) is 67.4 cm³/mol. The molecule has 7 heteroatoms. The van der Waals surface area contributed by atoms with Gasteiger partial charge in [-0.15, -0.1) is 0 Å². The van der Waals surface area contributed by atoms with Gasteiger partial charge in [0.1, 0.15) is 0 Å². The van der Waals surface area contributed by atoms with Crippen molar-refractivity contribution in [2.75, 3.05) is 13.2 Å². The van der Waals surface area contributed by atoms with Gasteiger partial charge < -0.3 is 19.3 Å². The number of rotatable bonds is 4. The Kier molecular flexibility index (Phi) is 9.69. The van der Waals surface area contributed by atoms with Crippen molar-refractivity contribution in [2.24, 2.45) is 0 Å². The maximum absolute atomic E-state index is 9.00. The van der Waals surface area contributed by atoms with Gasteiger partial charge in [0.15, 0.2) is 0 Å². The molecule has 2 N–H and O–H groups in total. The molecular weight excluding hydrogens is 237 g/mol. The van der Waals surface area contributed by atoms with Crippen LogP contribution in [-0.2, 0) is 20.9 Å². The van der Waals surface area contributed by atoms with E-state index in [9.17, 15) is 0 Å². The maximum Gasteiger partial charge on any atom is 0.324 e. The monoisotopic (exact) mass is 258 g/mol. The SMILES string of the molecule is CCOP(O)(=S)OCC.C[Si](C)(C)[NH-]. The van der Waals surface area contributed by atoms with E-state index in [0.717, 1.165) is 0 Å². The molecule has 0 bridgehead atoms. The van der Waals surface area contributed by atoms with E-state index in [0.29, 0.717) is 13.2 Å². The quantitative estimate of drug-likeness (QED) is 0.621. The molecule has 0 saturated heterocycles. The number of hydrogen-bond acceptors (Lipinski definition) is 3. The van der Waals surface area contributed by atoms with Crippen LogP contribution in [0.2, 0.25) is 19.6 Å². The van der Waals surface area contributed by atoms with Gasteiger partial charge in [0, 0.05) is 0 Å². The summed E-state index contributed by atoms with van der Waals surface area (Å²) in [5, 5.41) is 7.08. The summed E-state index contributed by atoms with van der Waals surface area (Å²) in [5.74, 6) is 0. The van der Waals surface area contributed by atoms with Gasteiger partial charge in [0.2, 0.25) is 0 Å². The zero-order chi connectivity index (χ0) is 11.8. The lowest BCUT2D eigenvalue weighted by Gasteiger charge is -2.17. The third-order valence-electron chi connectivity index (χ3n) is 0.584. The minimum Gasteiger partial charge on any atom is -0.680 e. The molecule has 0 spiro atoms. The second kappa shape index (κ2) is 7.93. The van der Waals surface area contributed by atoms with Gasteiger partial charge in [-0.1, -0.05) is 27.9 Å². The van der Waals surface area contributed by atoms with Crippen LogP contribution in [0.3, 0.4) is 0 Å². The third kappa shape index (κ3) is 23.0. The van der Waals surface area contributed by atoms with Crippen LogP contribution in [-0.4, -0.2) is 26.3 Å². The van der Waals surface area contributed by atoms with Gasteiger partial charge in [-0.2, -0.15) is 0 Å². The Balaban J connectivity index is 0. The molecule has 0 saturated carbocycles. The minimum absolute atomic E-state index is 0.397. The summed E-state index contributed by atoms with van der Waals surface area (Å²) in [6.07, 6.45) is 0. The van der Waals surface area contributed by atoms with Crippen molar-refractivity contribution in [3.05, 3.63) is 5.40 Å². The van der Waals surface area contributed by atoms with Crippen LogP contribution >= 0.6 is 6.72 Å². The first-order chi connectivity index (χ1) is 6.12. The fraction of sp³-hybridized carbons (Fsp3) is 1.00. The molecule has 0 radical (unpaired) electrons. The lowest BCUT2D eigenvalue weighted by molar-refractivity contribution is 0.212. The van der Waals surface area contributed by atoms with Crippen molar-refractivity contribution in [1.29, 1.82) is 0 Å². The number of nitrogens with one attached hydrogen (secondary N) is 1. The predicted octanol–water partition coefficient (Wildman–Crippen LogP) is 3.15. The first-order valence-electron chi connectivity index (χ1n) is 4.49. The minimum atomic E-state index is -2.86. The molecule has 0 aromatic carbocycles. The van der Waals surface area contributed by atoms with Crippen molar-refractivity contribution >= 4 is 26.8 Å². The molecule has 14 heavy (non-hydrogen) atoms. The molecule has 0 fully saturated rings. The van der Waals surface area contributed by atoms with Gasteiger partial charge >= 0.3 is 6.72 Å². The Morgan fingerprint density at radius 3 is 1.57 bits per heavy atom. The highest BCUT2D eigenvalue weighted by atomic mass is 32.5. The summed E-state index contributed by atoms with van der Waals surface area (Å²) in [5.41, 5.74) is 0. The molecule has 0 rings (SSSR count). The van der Waals surface area contributed by atoms with Crippen molar-refractivity contribution in [1.82, 2.24) is 0 Å². The zero-order valence-electron chi connectivity index (χ0n) is 9.53. The van der Waals surface area contributed by atoms with Crippen molar-refractivity contribution in [3.63, 3.8) is 0 Å². The maximum atomic E-state index is 9.00. The third-order valence-corrected chi connectivity index (χ3v) is 2.39. The second-order valence-corrected chi connectivity index (χ2v) is 10.9. The number of hydrogen-bond donors (Lipinski definition) is 1. The van der Waals surface area contributed by atoms with Crippen molar-refractivity contribution in [2.45, 2.75) is 33.5 Å². The molecule has 0 unspecified atom stereocenters. The average molecular weight is 258 g/mol. The first kappa shape index (κ1) is 17.1. The van der Waals surface area contributed by atoms with E-state index in [1.807, 2.05) is 19.6 Å².